The third-order valence-electron chi connectivity index (χ3n) is 3.09. The number of hydrogen-bond acceptors (Lipinski definition) is 2. The molecule has 1 N–H and O–H groups in total. The Hall–Kier alpha value is -1.09. The number of halogens is 1. The van der Waals surface area contributed by atoms with Gasteiger partial charge >= 0.3 is 0 Å². The van der Waals surface area contributed by atoms with Crippen molar-refractivity contribution in [2.24, 2.45) is 0 Å². The molecule has 0 bridgehead atoms. The number of nitrogens with zero attached hydrogens (tertiary/aromatic N) is 1. The summed E-state index contributed by atoms with van der Waals surface area (Å²) in [5, 5.41) is 3.28. The number of nitrogens with one attached hydrogen (secondary N) is 1. The summed E-state index contributed by atoms with van der Waals surface area (Å²) in [4.78, 5) is 2.12. The van der Waals surface area contributed by atoms with Crippen LogP contribution in [0, 0.1) is 5.82 Å². The first-order valence-corrected chi connectivity index (χ1v) is 5.93. The van der Waals surface area contributed by atoms with Gasteiger partial charge < -0.3 is 10.2 Å². The fourth-order valence-corrected chi connectivity index (χ4v) is 2.04. The van der Waals surface area contributed by atoms with Gasteiger partial charge in [-0.05, 0) is 23.6 Å². The molecule has 2 nitrogen and oxygen atoms in total. The van der Waals surface area contributed by atoms with E-state index in [1.165, 1.54) is 5.56 Å². The van der Waals surface area contributed by atoms with Crippen LogP contribution < -0.4 is 10.2 Å². The van der Waals surface area contributed by atoms with Gasteiger partial charge in [0.25, 0.3) is 0 Å². The summed E-state index contributed by atoms with van der Waals surface area (Å²) < 4.78 is 13.8. The molecular weight excluding hydrogens is 203 g/mol. The molecule has 0 aromatic heterocycles. The van der Waals surface area contributed by atoms with Gasteiger partial charge in [-0.3, -0.25) is 0 Å². The lowest BCUT2D eigenvalue weighted by Gasteiger charge is -2.30. The summed E-state index contributed by atoms with van der Waals surface area (Å²) in [6, 6.07) is 5.46. The maximum absolute atomic E-state index is 13.8. The molecule has 0 saturated carbocycles. The summed E-state index contributed by atoms with van der Waals surface area (Å²) in [6.07, 6.45) is 0. The van der Waals surface area contributed by atoms with Crippen LogP contribution in [-0.4, -0.2) is 26.2 Å². The minimum atomic E-state index is -0.105. The highest BCUT2D eigenvalue weighted by Crippen LogP contribution is 2.25. The van der Waals surface area contributed by atoms with Gasteiger partial charge in [-0.15, -0.1) is 0 Å². The van der Waals surface area contributed by atoms with Crippen LogP contribution in [-0.2, 0) is 0 Å². The van der Waals surface area contributed by atoms with Crippen LogP contribution in [0.3, 0.4) is 0 Å². The molecule has 1 aliphatic rings. The lowest BCUT2D eigenvalue weighted by molar-refractivity contribution is 0.565. The van der Waals surface area contributed by atoms with E-state index in [1.54, 1.807) is 6.07 Å². The molecule has 88 valence electrons. The molecule has 0 aliphatic carbocycles. The molecule has 0 radical (unpaired) electrons. The summed E-state index contributed by atoms with van der Waals surface area (Å²) >= 11 is 0. The molecule has 1 aromatic rings. The largest absolute Gasteiger partial charge is 0.367 e. The number of anilines is 1. The number of hydrogen-bond donors (Lipinski definition) is 1. The minimum Gasteiger partial charge on any atom is -0.367 e. The molecule has 0 atom stereocenters. The van der Waals surface area contributed by atoms with Crippen molar-refractivity contribution in [3.8, 4) is 0 Å². The van der Waals surface area contributed by atoms with Crippen molar-refractivity contribution in [3.63, 3.8) is 0 Å². The highest BCUT2D eigenvalue weighted by atomic mass is 19.1. The highest BCUT2D eigenvalue weighted by molar-refractivity contribution is 5.51. The van der Waals surface area contributed by atoms with Gasteiger partial charge in [-0.2, -0.15) is 0 Å². The third-order valence-corrected chi connectivity index (χ3v) is 3.09. The molecule has 0 unspecified atom stereocenters. The van der Waals surface area contributed by atoms with Gasteiger partial charge in [-0.25, -0.2) is 4.39 Å². The average Bonchev–Trinajstić information content (AvgIpc) is 2.30. The van der Waals surface area contributed by atoms with E-state index in [0.29, 0.717) is 5.92 Å². The second kappa shape index (κ2) is 4.83. The second-order valence-electron chi connectivity index (χ2n) is 4.60. The Morgan fingerprint density at radius 3 is 2.56 bits per heavy atom. The van der Waals surface area contributed by atoms with Gasteiger partial charge in [0.2, 0.25) is 0 Å². The fraction of sp³-hybridized carbons (Fsp3) is 0.538. The topological polar surface area (TPSA) is 15.3 Å². The Balaban J connectivity index is 2.27. The maximum Gasteiger partial charge on any atom is 0.146 e. The Morgan fingerprint density at radius 2 is 1.94 bits per heavy atom. The standard InChI is InChI=1S/C13H19FN2/c1-10(2)11-3-4-12(14)13(9-11)16-7-5-15-6-8-16/h3-4,9-10,15H,5-8H2,1-2H3. The molecule has 0 amide bonds. The van der Waals surface area contributed by atoms with E-state index in [0.717, 1.165) is 31.9 Å². The molecule has 1 heterocycles. The zero-order chi connectivity index (χ0) is 11.5. The van der Waals surface area contributed by atoms with Crippen molar-refractivity contribution in [1.82, 2.24) is 5.32 Å². The van der Waals surface area contributed by atoms with E-state index in [1.807, 2.05) is 12.1 Å². The Bertz CT molecular complexity index is 357. The van der Waals surface area contributed by atoms with Gasteiger partial charge in [0.1, 0.15) is 5.82 Å². The van der Waals surface area contributed by atoms with E-state index in [-0.39, 0.29) is 5.82 Å². The minimum absolute atomic E-state index is 0.105. The van der Waals surface area contributed by atoms with Crippen LogP contribution in [0.2, 0.25) is 0 Å². The van der Waals surface area contributed by atoms with Crippen LogP contribution in [0.1, 0.15) is 25.3 Å². The van der Waals surface area contributed by atoms with Crippen molar-refractivity contribution in [2.75, 3.05) is 31.1 Å². The predicted molar refractivity (Wildman–Crippen MR) is 65.6 cm³/mol. The van der Waals surface area contributed by atoms with E-state index in [4.69, 9.17) is 0 Å². The van der Waals surface area contributed by atoms with E-state index in [2.05, 4.69) is 24.1 Å². The first kappa shape index (κ1) is 11.4. The Kier molecular flexibility index (Phi) is 3.44. The molecule has 0 spiro atoms. The summed E-state index contributed by atoms with van der Waals surface area (Å²) in [5.41, 5.74) is 1.96. The number of piperazine rings is 1. The summed E-state index contributed by atoms with van der Waals surface area (Å²) in [5.74, 6) is 0.341. The molecule has 2 rings (SSSR count). The van der Waals surface area contributed by atoms with Crippen molar-refractivity contribution in [3.05, 3.63) is 29.6 Å². The van der Waals surface area contributed by atoms with Gasteiger partial charge in [0.05, 0.1) is 5.69 Å². The van der Waals surface area contributed by atoms with Crippen LogP contribution in [0.25, 0.3) is 0 Å². The van der Waals surface area contributed by atoms with Gasteiger partial charge in [0, 0.05) is 26.2 Å². The normalized spacial score (nSPS) is 16.9. The van der Waals surface area contributed by atoms with E-state index < -0.39 is 0 Å². The molecule has 1 saturated heterocycles. The van der Waals surface area contributed by atoms with Crippen molar-refractivity contribution < 1.29 is 4.39 Å². The van der Waals surface area contributed by atoms with Crippen molar-refractivity contribution in [2.45, 2.75) is 19.8 Å². The van der Waals surface area contributed by atoms with Gasteiger partial charge in [-0.1, -0.05) is 19.9 Å². The van der Waals surface area contributed by atoms with Crippen LogP contribution in [0.5, 0.6) is 0 Å². The zero-order valence-electron chi connectivity index (χ0n) is 9.96. The third kappa shape index (κ3) is 2.35. The molecule has 1 aromatic carbocycles. The predicted octanol–water partition coefficient (Wildman–Crippen LogP) is 2.36. The Morgan fingerprint density at radius 1 is 1.25 bits per heavy atom. The first-order valence-electron chi connectivity index (χ1n) is 5.93. The van der Waals surface area contributed by atoms with Crippen molar-refractivity contribution >= 4 is 5.69 Å². The number of benzene rings is 1. The smallest absolute Gasteiger partial charge is 0.146 e. The number of rotatable bonds is 2. The lowest BCUT2D eigenvalue weighted by Crippen LogP contribution is -2.43. The summed E-state index contributed by atoms with van der Waals surface area (Å²) in [7, 11) is 0. The zero-order valence-corrected chi connectivity index (χ0v) is 9.96. The Labute approximate surface area is 96.5 Å². The fourth-order valence-electron chi connectivity index (χ4n) is 2.04. The van der Waals surface area contributed by atoms with Crippen molar-refractivity contribution in [1.29, 1.82) is 0 Å². The first-order chi connectivity index (χ1) is 7.68. The summed E-state index contributed by atoms with van der Waals surface area (Å²) in [6.45, 7) is 7.91. The van der Waals surface area contributed by atoms with Crippen LogP contribution in [0.15, 0.2) is 18.2 Å². The monoisotopic (exact) mass is 222 g/mol. The maximum atomic E-state index is 13.8. The SMILES string of the molecule is CC(C)c1ccc(F)c(N2CCNCC2)c1. The quantitative estimate of drug-likeness (QED) is 0.826. The molecule has 3 heteroatoms. The highest BCUT2D eigenvalue weighted by Gasteiger charge is 2.15. The lowest BCUT2D eigenvalue weighted by atomic mass is 10.0. The molecular formula is C13H19FN2. The van der Waals surface area contributed by atoms with Gasteiger partial charge in [0.15, 0.2) is 0 Å². The molecule has 16 heavy (non-hydrogen) atoms. The van der Waals surface area contributed by atoms with Crippen LogP contribution in [0.4, 0.5) is 10.1 Å². The second-order valence-corrected chi connectivity index (χ2v) is 4.60. The van der Waals surface area contributed by atoms with E-state index >= 15 is 0 Å². The van der Waals surface area contributed by atoms with E-state index in [9.17, 15) is 4.39 Å². The molecule has 1 aliphatic heterocycles. The van der Waals surface area contributed by atoms with Crippen LogP contribution >= 0.6 is 0 Å². The average molecular weight is 222 g/mol. The molecule has 1 fully saturated rings.